The summed E-state index contributed by atoms with van der Waals surface area (Å²) in [5, 5.41) is 3.86. The van der Waals surface area contributed by atoms with E-state index in [1.54, 1.807) is 6.20 Å². The van der Waals surface area contributed by atoms with E-state index >= 15 is 0 Å². The van der Waals surface area contributed by atoms with Crippen LogP contribution >= 0.6 is 58.1 Å². The van der Waals surface area contributed by atoms with Crippen LogP contribution in [-0.4, -0.2) is 21.6 Å². The van der Waals surface area contributed by atoms with Crippen molar-refractivity contribution < 1.29 is 4.79 Å². The van der Waals surface area contributed by atoms with Gasteiger partial charge in [-0.2, -0.15) is 0 Å². The van der Waals surface area contributed by atoms with Crippen molar-refractivity contribution in [1.82, 2.24) is 9.97 Å². The van der Waals surface area contributed by atoms with Crippen molar-refractivity contribution in [2.45, 2.75) is 27.0 Å². The smallest absolute Gasteiger partial charge is 0.267 e. The molecule has 3 heterocycles. The number of aromatic nitrogens is 2. The number of amides is 1. The van der Waals surface area contributed by atoms with Gasteiger partial charge in [0, 0.05) is 28.7 Å². The van der Waals surface area contributed by atoms with Gasteiger partial charge in [0.05, 0.1) is 21.1 Å². The largest absolute Gasteiger partial charge is 0.321 e. The Bertz CT molecular complexity index is 1000. The quantitative estimate of drug-likeness (QED) is 0.491. The highest BCUT2D eigenvalue weighted by Crippen LogP contribution is 2.41. The average Bonchev–Trinajstić information content (AvgIpc) is 3.25. The molecule has 4 nitrogen and oxygen atoms in total. The van der Waals surface area contributed by atoms with Gasteiger partial charge in [-0.3, -0.25) is 9.78 Å². The molecule has 1 aliphatic rings. The number of hydrogen-bond acceptors (Lipinski definition) is 6. The number of carbonyl (C=O) groups excluding carboxylic acids is 1. The molecule has 0 saturated carbocycles. The van der Waals surface area contributed by atoms with E-state index in [-0.39, 0.29) is 5.91 Å². The first-order chi connectivity index (χ1) is 13.0. The maximum Gasteiger partial charge on any atom is 0.267 e. The van der Waals surface area contributed by atoms with E-state index in [0.717, 1.165) is 11.4 Å². The van der Waals surface area contributed by atoms with E-state index in [0.29, 0.717) is 30.1 Å². The highest BCUT2D eigenvalue weighted by molar-refractivity contribution is 8.01. The molecule has 1 amide bonds. The summed E-state index contributed by atoms with van der Waals surface area (Å²) in [6.07, 6.45) is 4.63. The first-order valence-corrected chi connectivity index (χ1v) is 11.4. The number of hydrogen-bond donors (Lipinski definition) is 1. The Kier molecular flexibility index (Phi) is 5.66. The SMILES string of the molecule is CC1CSc2cc(NC(=O)c3cnc(Sc4c(Cl)cncc4Cl)s3)ccc21. The van der Waals surface area contributed by atoms with E-state index in [1.807, 2.05) is 23.9 Å². The van der Waals surface area contributed by atoms with Crippen LogP contribution in [0.4, 0.5) is 5.69 Å². The monoisotopic (exact) mass is 453 g/mol. The summed E-state index contributed by atoms with van der Waals surface area (Å²) >= 11 is 16.7. The predicted molar refractivity (Wildman–Crippen MR) is 114 cm³/mol. The van der Waals surface area contributed by atoms with Gasteiger partial charge in [-0.25, -0.2) is 4.98 Å². The van der Waals surface area contributed by atoms with Crippen LogP contribution in [0.15, 0.2) is 50.9 Å². The average molecular weight is 454 g/mol. The van der Waals surface area contributed by atoms with E-state index in [9.17, 15) is 4.79 Å². The van der Waals surface area contributed by atoms with Crippen LogP contribution in [0.2, 0.25) is 10.0 Å². The van der Waals surface area contributed by atoms with Gasteiger partial charge in [-0.1, -0.05) is 48.0 Å². The van der Waals surface area contributed by atoms with Gasteiger partial charge in [-0.05, 0) is 23.6 Å². The molecular weight excluding hydrogens is 441 g/mol. The first kappa shape index (κ1) is 19.1. The number of carbonyl (C=O) groups is 1. The van der Waals surface area contributed by atoms with Crippen LogP contribution < -0.4 is 5.32 Å². The van der Waals surface area contributed by atoms with Crippen molar-refractivity contribution in [3.63, 3.8) is 0 Å². The minimum Gasteiger partial charge on any atom is -0.321 e. The van der Waals surface area contributed by atoms with Crippen molar-refractivity contribution in [3.05, 3.63) is 57.3 Å². The Morgan fingerprint density at radius 1 is 1.26 bits per heavy atom. The zero-order valence-electron chi connectivity index (χ0n) is 14.0. The number of nitrogens with zero attached hydrogens (tertiary/aromatic N) is 2. The molecule has 1 atom stereocenters. The zero-order chi connectivity index (χ0) is 19.0. The number of halogens is 2. The molecule has 9 heteroatoms. The highest BCUT2D eigenvalue weighted by atomic mass is 35.5. The number of nitrogens with one attached hydrogen (secondary N) is 1. The summed E-state index contributed by atoms with van der Waals surface area (Å²) in [5.74, 6) is 1.47. The second-order valence-electron chi connectivity index (χ2n) is 5.94. The van der Waals surface area contributed by atoms with Gasteiger partial charge in [0.2, 0.25) is 0 Å². The Labute approximate surface area is 179 Å². The molecule has 0 radical (unpaired) electrons. The number of pyridine rings is 1. The Balaban J connectivity index is 1.48. The molecule has 0 aliphatic carbocycles. The van der Waals surface area contributed by atoms with Gasteiger partial charge in [0.15, 0.2) is 4.34 Å². The molecule has 0 spiro atoms. The number of benzene rings is 1. The van der Waals surface area contributed by atoms with Crippen LogP contribution in [0.25, 0.3) is 0 Å². The molecule has 1 unspecified atom stereocenters. The molecule has 2 aromatic heterocycles. The van der Waals surface area contributed by atoms with Crippen LogP contribution in [0.3, 0.4) is 0 Å². The van der Waals surface area contributed by atoms with Crippen molar-refractivity contribution in [3.8, 4) is 0 Å². The minimum absolute atomic E-state index is 0.178. The van der Waals surface area contributed by atoms with E-state index in [1.165, 1.54) is 46.0 Å². The van der Waals surface area contributed by atoms with Gasteiger partial charge in [0.25, 0.3) is 5.91 Å². The minimum atomic E-state index is -0.178. The van der Waals surface area contributed by atoms with Gasteiger partial charge in [0.1, 0.15) is 4.88 Å². The van der Waals surface area contributed by atoms with Crippen LogP contribution in [-0.2, 0) is 0 Å². The Morgan fingerprint density at radius 3 is 2.81 bits per heavy atom. The number of thiazole rings is 1. The Morgan fingerprint density at radius 2 is 2.04 bits per heavy atom. The maximum absolute atomic E-state index is 12.6. The van der Waals surface area contributed by atoms with Crippen LogP contribution in [0.1, 0.15) is 28.1 Å². The predicted octanol–water partition coefficient (Wildman–Crippen LogP) is 6.46. The lowest BCUT2D eigenvalue weighted by Crippen LogP contribution is -2.10. The lowest BCUT2D eigenvalue weighted by atomic mass is 10.0. The Hall–Kier alpha value is -1.25. The molecule has 0 bridgehead atoms. The normalized spacial score (nSPS) is 15.6. The molecule has 3 aromatic rings. The molecule has 1 aromatic carbocycles. The topological polar surface area (TPSA) is 54.9 Å². The van der Waals surface area contributed by atoms with Crippen molar-refractivity contribution in [2.75, 3.05) is 11.1 Å². The van der Waals surface area contributed by atoms with Crippen molar-refractivity contribution >= 4 is 69.7 Å². The maximum atomic E-state index is 12.6. The number of thioether (sulfide) groups is 1. The van der Waals surface area contributed by atoms with Crippen molar-refractivity contribution in [2.24, 2.45) is 0 Å². The fourth-order valence-electron chi connectivity index (χ4n) is 2.64. The second-order valence-corrected chi connectivity index (χ2v) is 10.1. The fourth-order valence-corrected chi connectivity index (χ4v) is 6.30. The summed E-state index contributed by atoms with van der Waals surface area (Å²) in [4.78, 5) is 23.2. The van der Waals surface area contributed by atoms with E-state index in [2.05, 4.69) is 28.3 Å². The first-order valence-electron chi connectivity index (χ1n) is 8.02. The summed E-state index contributed by atoms with van der Waals surface area (Å²) in [6.45, 7) is 2.22. The summed E-state index contributed by atoms with van der Waals surface area (Å²) in [5.41, 5.74) is 2.14. The number of rotatable bonds is 4. The lowest BCUT2D eigenvalue weighted by molar-refractivity contribution is 0.103. The van der Waals surface area contributed by atoms with Gasteiger partial charge < -0.3 is 5.32 Å². The molecular formula is C18H13Cl2N3OS3. The number of fused-ring (bicyclic) bond motifs is 1. The standard InChI is InChI=1S/C18H13Cl2N3OS3/c1-9-8-25-14-4-10(2-3-11(9)14)23-17(24)15-7-22-18(26-15)27-16-12(19)5-21-6-13(16)20/h2-7,9H,8H2,1H3,(H,23,24). The van der Waals surface area contributed by atoms with Crippen LogP contribution in [0, 0.1) is 0 Å². The lowest BCUT2D eigenvalue weighted by Gasteiger charge is -2.07. The molecule has 138 valence electrons. The van der Waals surface area contributed by atoms with E-state index in [4.69, 9.17) is 23.2 Å². The molecule has 0 fully saturated rings. The van der Waals surface area contributed by atoms with Gasteiger partial charge >= 0.3 is 0 Å². The summed E-state index contributed by atoms with van der Waals surface area (Å²) in [7, 11) is 0. The third-order valence-corrected chi connectivity index (χ3v) is 8.34. The summed E-state index contributed by atoms with van der Waals surface area (Å²) in [6, 6.07) is 6.08. The number of anilines is 1. The van der Waals surface area contributed by atoms with Gasteiger partial charge in [-0.15, -0.1) is 23.1 Å². The highest BCUT2D eigenvalue weighted by Gasteiger charge is 2.20. The fraction of sp³-hybridized carbons (Fsp3) is 0.167. The third kappa shape index (κ3) is 4.12. The van der Waals surface area contributed by atoms with E-state index < -0.39 is 0 Å². The molecule has 1 aliphatic heterocycles. The molecule has 0 saturated heterocycles. The van der Waals surface area contributed by atoms with Crippen molar-refractivity contribution in [1.29, 1.82) is 0 Å². The third-order valence-electron chi connectivity index (χ3n) is 4.00. The molecule has 1 N–H and O–H groups in total. The second kappa shape index (κ2) is 8.01. The molecule has 4 rings (SSSR count). The summed E-state index contributed by atoms with van der Waals surface area (Å²) < 4.78 is 0.688. The van der Waals surface area contributed by atoms with Crippen LogP contribution in [0.5, 0.6) is 0 Å². The zero-order valence-corrected chi connectivity index (χ0v) is 18.0. The molecule has 27 heavy (non-hydrogen) atoms.